The van der Waals surface area contributed by atoms with Gasteiger partial charge in [0, 0.05) is 6.54 Å². The van der Waals surface area contributed by atoms with E-state index in [2.05, 4.69) is 25.7 Å². The van der Waals surface area contributed by atoms with Gasteiger partial charge in [-0.05, 0) is 13.3 Å². The van der Waals surface area contributed by atoms with Crippen LogP contribution >= 0.6 is 0 Å². The number of aliphatic hydroxyl groups excluding tert-OH is 1. The number of aromatic nitrogens is 3. The molecule has 0 bridgehead atoms. The Hall–Kier alpha value is -1.67. The Morgan fingerprint density at radius 1 is 1.28 bits per heavy atom. The van der Waals surface area contributed by atoms with E-state index in [0.717, 1.165) is 12.8 Å². The third-order valence-corrected chi connectivity index (χ3v) is 2.14. The van der Waals surface area contributed by atoms with Gasteiger partial charge in [0.1, 0.15) is 0 Å². The number of rotatable bonds is 8. The van der Waals surface area contributed by atoms with E-state index in [-0.39, 0.29) is 12.0 Å². The number of nitrogens with one attached hydrogen (secondary N) is 2. The number of hydrogen-bond acceptors (Lipinski definition) is 8. The minimum atomic E-state index is -0.434. The van der Waals surface area contributed by atoms with E-state index in [1.165, 1.54) is 0 Å². The number of hydrogen-bond donors (Lipinski definition) is 4. The molecule has 5 N–H and O–H groups in total. The molecule has 1 rings (SSSR count). The minimum absolute atomic E-state index is 0.188. The number of anilines is 2. The maximum Gasteiger partial charge on any atom is 0.323 e. The van der Waals surface area contributed by atoms with Crippen LogP contribution in [-0.2, 0) is 0 Å². The van der Waals surface area contributed by atoms with E-state index >= 15 is 0 Å². The quantitative estimate of drug-likeness (QED) is 0.383. The maximum absolute atomic E-state index is 9.60. The van der Waals surface area contributed by atoms with Crippen molar-refractivity contribution < 1.29 is 9.84 Å². The van der Waals surface area contributed by atoms with Gasteiger partial charge in [0.05, 0.1) is 12.7 Å². The zero-order chi connectivity index (χ0) is 13.4. The van der Waals surface area contributed by atoms with Crippen molar-refractivity contribution in [1.82, 2.24) is 15.0 Å². The summed E-state index contributed by atoms with van der Waals surface area (Å²) in [6.45, 7) is 4.66. The van der Waals surface area contributed by atoms with Gasteiger partial charge in [0.15, 0.2) is 0 Å². The molecule has 8 nitrogen and oxygen atoms in total. The van der Waals surface area contributed by atoms with Crippen molar-refractivity contribution in [2.45, 2.75) is 32.8 Å². The molecule has 1 aromatic rings. The number of nitrogens with zero attached hydrogens (tertiary/aromatic N) is 3. The van der Waals surface area contributed by atoms with E-state index in [4.69, 9.17) is 10.6 Å². The lowest BCUT2D eigenvalue weighted by molar-refractivity contribution is 0.176. The summed E-state index contributed by atoms with van der Waals surface area (Å²) in [5, 5.41) is 12.5. The van der Waals surface area contributed by atoms with E-state index in [1.807, 2.05) is 13.8 Å². The third-order valence-electron chi connectivity index (χ3n) is 2.14. The number of hydrazine groups is 1. The summed E-state index contributed by atoms with van der Waals surface area (Å²) in [7, 11) is 0. The second-order valence-corrected chi connectivity index (χ2v) is 3.67. The lowest BCUT2D eigenvalue weighted by atomic mass is 10.2. The molecule has 0 saturated heterocycles. The molecule has 0 spiro atoms. The van der Waals surface area contributed by atoms with Gasteiger partial charge < -0.3 is 15.2 Å². The number of aliphatic hydroxyl groups is 1. The monoisotopic (exact) mass is 256 g/mol. The first-order chi connectivity index (χ1) is 8.69. The average Bonchev–Trinajstić information content (AvgIpc) is 2.37. The summed E-state index contributed by atoms with van der Waals surface area (Å²) >= 11 is 0. The first-order valence-corrected chi connectivity index (χ1v) is 5.97. The highest BCUT2D eigenvalue weighted by atomic mass is 16.5. The summed E-state index contributed by atoms with van der Waals surface area (Å²) in [5.41, 5.74) is 2.33. The number of nitrogen functional groups attached to an aromatic ring is 1. The first-order valence-electron chi connectivity index (χ1n) is 5.97. The molecule has 18 heavy (non-hydrogen) atoms. The molecule has 0 fully saturated rings. The van der Waals surface area contributed by atoms with Crippen molar-refractivity contribution in [3.63, 3.8) is 0 Å². The van der Waals surface area contributed by atoms with Gasteiger partial charge in [-0.2, -0.15) is 15.0 Å². The highest BCUT2D eigenvalue weighted by molar-refractivity contribution is 5.34. The van der Waals surface area contributed by atoms with E-state index < -0.39 is 6.10 Å². The molecule has 1 aromatic heterocycles. The van der Waals surface area contributed by atoms with Gasteiger partial charge in [-0.1, -0.05) is 13.3 Å². The predicted molar refractivity (Wildman–Crippen MR) is 68.2 cm³/mol. The van der Waals surface area contributed by atoms with Crippen LogP contribution in [0.4, 0.5) is 11.9 Å². The SMILES string of the molecule is CCCC(O)CNc1nc(NN)nc(OCC)n1. The van der Waals surface area contributed by atoms with Crippen LogP contribution in [-0.4, -0.2) is 39.3 Å². The van der Waals surface area contributed by atoms with E-state index in [1.54, 1.807) is 0 Å². The molecule has 0 amide bonds. The Morgan fingerprint density at radius 2 is 2.00 bits per heavy atom. The summed E-state index contributed by atoms with van der Waals surface area (Å²) in [5.74, 6) is 5.78. The van der Waals surface area contributed by atoms with Crippen LogP contribution in [0.3, 0.4) is 0 Å². The van der Waals surface area contributed by atoms with Gasteiger partial charge in [-0.3, -0.25) is 5.43 Å². The average molecular weight is 256 g/mol. The highest BCUT2D eigenvalue weighted by Gasteiger charge is 2.08. The van der Waals surface area contributed by atoms with Crippen LogP contribution in [0, 0.1) is 0 Å². The van der Waals surface area contributed by atoms with Crippen LogP contribution in [0.1, 0.15) is 26.7 Å². The molecule has 1 unspecified atom stereocenters. The minimum Gasteiger partial charge on any atom is -0.464 e. The van der Waals surface area contributed by atoms with Gasteiger partial charge in [-0.15, -0.1) is 0 Å². The van der Waals surface area contributed by atoms with Crippen LogP contribution in [0.25, 0.3) is 0 Å². The predicted octanol–water partition coefficient (Wildman–Crippen LogP) is 0.129. The number of nitrogens with two attached hydrogens (primary N) is 1. The molecule has 1 heterocycles. The fraction of sp³-hybridized carbons (Fsp3) is 0.700. The molecule has 0 radical (unpaired) electrons. The van der Waals surface area contributed by atoms with Gasteiger partial charge in [0.25, 0.3) is 0 Å². The van der Waals surface area contributed by atoms with Crippen LogP contribution in [0.2, 0.25) is 0 Å². The Bertz CT molecular complexity index is 362. The third kappa shape index (κ3) is 4.68. The maximum atomic E-state index is 9.60. The fourth-order valence-corrected chi connectivity index (χ4v) is 1.34. The summed E-state index contributed by atoms with van der Waals surface area (Å²) in [6, 6.07) is 0.188. The van der Waals surface area contributed by atoms with Crippen LogP contribution in [0.15, 0.2) is 0 Å². The summed E-state index contributed by atoms with van der Waals surface area (Å²) in [6.07, 6.45) is 1.20. The molecule has 8 heteroatoms. The van der Waals surface area contributed by atoms with Crippen molar-refractivity contribution in [2.24, 2.45) is 5.84 Å². The summed E-state index contributed by atoms with van der Waals surface area (Å²) < 4.78 is 5.18. The molecule has 0 saturated carbocycles. The molecule has 1 atom stereocenters. The standard InChI is InChI=1S/C10H20N6O2/c1-3-5-7(17)6-12-8-13-9(16-11)15-10(14-8)18-4-2/h7,17H,3-6,11H2,1-2H3,(H2,12,13,14,15,16). The molecule has 0 aliphatic rings. The molecular weight excluding hydrogens is 236 g/mol. The van der Waals surface area contributed by atoms with Gasteiger partial charge in [-0.25, -0.2) is 5.84 Å². The molecule has 0 aromatic carbocycles. The lowest BCUT2D eigenvalue weighted by Gasteiger charge is -2.11. The molecular formula is C10H20N6O2. The Labute approximate surface area is 106 Å². The van der Waals surface area contributed by atoms with Crippen molar-refractivity contribution in [3.8, 4) is 6.01 Å². The smallest absolute Gasteiger partial charge is 0.323 e. The first kappa shape index (κ1) is 14.4. The Morgan fingerprint density at radius 3 is 2.61 bits per heavy atom. The van der Waals surface area contributed by atoms with Crippen molar-refractivity contribution >= 4 is 11.9 Å². The van der Waals surface area contributed by atoms with Gasteiger partial charge in [0.2, 0.25) is 11.9 Å². The van der Waals surface area contributed by atoms with Crippen LogP contribution < -0.4 is 21.3 Å². The second-order valence-electron chi connectivity index (χ2n) is 3.67. The normalized spacial score (nSPS) is 12.0. The van der Waals surface area contributed by atoms with Crippen molar-refractivity contribution in [2.75, 3.05) is 23.9 Å². The molecule has 102 valence electrons. The van der Waals surface area contributed by atoms with Crippen molar-refractivity contribution in [3.05, 3.63) is 0 Å². The van der Waals surface area contributed by atoms with E-state index in [0.29, 0.717) is 19.1 Å². The largest absolute Gasteiger partial charge is 0.464 e. The highest BCUT2D eigenvalue weighted by Crippen LogP contribution is 2.10. The fourth-order valence-electron chi connectivity index (χ4n) is 1.34. The zero-order valence-corrected chi connectivity index (χ0v) is 10.7. The Kier molecular flexibility index (Phi) is 6.09. The molecule has 0 aliphatic heterocycles. The zero-order valence-electron chi connectivity index (χ0n) is 10.7. The van der Waals surface area contributed by atoms with Crippen LogP contribution in [0.5, 0.6) is 6.01 Å². The van der Waals surface area contributed by atoms with E-state index in [9.17, 15) is 5.11 Å². The molecule has 0 aliphatic carbocycles. The number of ether oxygens (including phenoxy) is 1. The lowest BCUT2D eigenvalue weighted by Crippen LogP contribution is -2.21. The second kappa shape index (κ2) is 7.62. The van der Waals surface area contributed by atoms with Crippen molar-refractivity contribution in [1.29, 1.82) is 0 Å². The topological polar surface area (TPSA) is 118 Å². The Balaban J connectivity index is 2.65. The summed E-state index contributed by atoms with van der Waals surface area (Å²) in [4.78, 5) is 12.0. The van der Waals surface area contributed by atoms with Gasteiger partial charge >= 0.3 is 6.01 Å².